The minimum absolute atomic E-state index is 0.0219. The summed E-state index contributed by atoms with van der Waals surface area (Å²) in [4.78, 5) is 56.0. The predicted molar refractivity (Wildman–Crippen MR) is 259 cm³/mol. The molecule has 360 valence electrons. The van der Waals surface area contributed by atoms with Gasteiger partial charge in [0.1, 0.15) is 22.0 Å². The Morgan fingerprint density at radius 1 is 0.971 bits per heavy atom. The summed E-state index contributed by atoms with van der Waals surface area (Å²) < 4.78 is 41.1. The summed E-state index contributed by atoms with van der Waals surface area (Å²) in [5.74, 6) is 0.799. The van der Waals surface area contributed by atoms with Crippen molar-refractivity contribution in [2.24, 2.45) is 17.3 Å². The van der Waals surface area contributed by atoms with Gasteiger partial charge in [-0.2, -0.15) is 0 Å². The van der Waals surface area contributed by atoms with Crippen molar-refractivity contribution in [3.05, 3.63) is 106 Å². The number of piperidine rings is 1. The number of fused-ring (bicyclic) bond motifs is 1. The van der Waals surface area contributed by atoms with Crippen molar-refractivity contribution in [1.29, 1.82) is 0 Å². The second kappa shape index (κ2) is 19.4. The van der Waals surface area contributed by atoms with Gasteiger partial charge in [-0.3, -0.25) is 19.8 Å². The number of nitrogens with one attached hydrogen (secondary N) is 3. The van der Waals surface area contributed by atoms with Crippen molar-refractivity contribution in [3.8, 4) is 11.5 Å². The molecular weight excluding hydrogens is 887 g/mol. The zero-order valence-corrected chi connectivity index (χ0v) is 40.0. The van der Waals surface area contributed by atoms with E-state index in [1.807, 2.05) is 11.0 Å². The number of carbonyl (C=O) groups is 2. The van der Waals surface area contributed by atoms with Gasteiger partial charge in [0.25, 0.3) is 15.9 Å². The van der Waals surface area contributed by atoms with Crippen LogP contribution in [0.2, 0.25) is 0 Å². The molecule has 4 fully saturated rings. The molecule has 5 aromatic rings. The highest BCUT2D eigenvalue weighted by Gasteiger charge is 2.50. The zero-order chi connectivity index (χ0) is 47.7. The van der Waals surface area contributed by atoms with E-state index >= 15 is 0 Å². The van der Waals surface area contributed by atoms with Gasteiger partial charge in [0, 0.05) is 74.7 Å². The van der Waals surface area contributed by atoms with Crippen LogP contribution in [0.25, 0.3) is 11.0 Å². The number of benzene rings is 2. The summed E-state index contributed by atoms with van der Waals surface area (Å²) in [6.07, 6.45) is 12.3. The first-order valence-corrected chi connectivity index (χ1v) is 25.3. The Labute approximate surface area is 397 Å². The van der Waals surface area contributed by atoms with E-state index in [2.05, 4.69) is 79.8 Å². The van der Waals surface area contributed by atoms with Crippen molar-refractivity contribution in [2.45, 2.75) is 95.0 Å². The third kappa shape index (κ3) is 9.84. The second-order valence-electron chi connectivity index (χ2n) is 19.6. The number of rotatable bonds is 13. The van der Waals surface area contributed by atoms with E-state index < -0.39 is 31.4 Å². The van der Waals surface area contributed by atoms with Crippen LogP contribution in [0, 0.1) is 27.4 Å². The number of pyridine rings is 2. The maximum atomic E-state index is 14.0. The lowest BCUT2D eigenvalue weighted by atomic mass is 9.59. The Balaban J connectivity index is 0.903. The molecule has 68 heavy (non-hydrogen) atoms. The molecule has 2 aromatic carbocycles. The van der Waals surface area contributed by atoms with Crippen molar-refractivity contribution in [2.75, 3.05) is 56.6 Å². The molecule has 3 N–H and O–H groups in total. The standard InChI is InChI=1S/C50H61N9O8S/c1-32(2)40-7-5-6-8-41(40)44-31-57(49(61)66-4)21-22-58(44)37-26-50(27-37)16-19-56(20-17-50)36-13-14-42(45(24-36)67-38-23-35-15-18-51-46(35)53-29-38)48(60)55-68(64,65)39-25-43(59(62)63)47(54-30-39)52-28-34-11-9-33(3)10-12-34/h5-8,13-15,18,23-25,29-30,32-34,37,44H,9-12,16-17,19-22,26-28,31H2,1-4H3,(H,51,53)(H,52,54)(H,55,60)/t33-,34+,44-/m0/s1. The van der Waals surface area contributed by atoms with Crippen LogP contribution < -0.4 is 19.7 Å². The van der Waals surface area contributed by atoms with E-state index in [9.17, 15) is 28.1 Å². The van der Waals surface area contributed by atoms with Crippen LogP contribution in [0.15, 0.2) is 84.1 Å². The normalized spacial score (nSPS) is 21.1. The number of nitrogens with zero attached hydrogens (tertiary/aromatic N) is 6. The van der Waals surface area contributed by atoms with Gasteiger partial charge in [-0.05, 0) is 97.1 Å². The van der Waals surface area contributed by atoms with Crippen LogP contribution in [0.1, 0.15) is 106 Å². The van der Waals surface area contributed by atoms with Gasteiger partial charge in [0.15, 0.2) is 0 Å². The van der Waals surface area contributed by atoms with Gasteiger partial charge in [0.2, 0.25) is 5.82 Å². The van der Waals surface area contributed by atoms with E-state index in [-0.39, 0.29) is 34.7 Å². The first-order chi connectivity index (χ1) is 32.7. The number of nitro groups is 1. The van der Waals surface area contributed by atoms with E-state index in [1.165, 1.54) is 24.4 Å². The fourth-order valence-electron chi connectivity index (χ4n) is 10.9. The lowest BCUT2D eigenvalue weighted by Crippen LogP contribution is -2.60. The number of aromatic amines is 1. The fourth-order valence-corrected chi connectivity index (χ4v) is 11.8. The lowest BCUT2D eigenvalue weighted by Gasteiger charge is -2.58. The average Bonchev–Trinajstić information content (AvgIpc) is 3.80. The van der Waals surface area contributed by atoms with E-state index in [0.29, 0.717) is 54.8 Å². The second-order valence-corrected chi connectivity index (χ2v) is 21.3. The van der Waals surface area contributed by atoms with E-state index in [0.717, 1.165) is 94.3 Å². The van der Waals surface area contributed by atoms with Gasteiger partial charge in [-0.1, -0.05) is 57.9 Å². The molecule has 1 spiro atoms. The number of amides is 2. The third-order valence-electron chi connectivity index (χ3n) is 14.9. The topological polar surface area (TPSA) is 205 Å². The fraction of sp³-hybridized carbons (Fsp3) is 0.480. The molecule has 4 aliphatic rings. The average molecular weight is 948 g/mol. The number of carbonyl (C=O) groups excluding carboxylic acids is 2. The first-order valence-electron chi connectivity index (χ1n) is 23.8. The largest absolute Gasteiger partial charge is 0.455 e. The molecular formula is C50H61N9O8S. The molecule has 2 amide bonds. The van der Waals surface area contributed by atoms with Gasteiger partial charge in [-0.25, -0.2) is 27.9 Å². The number of hydrogen-bond donors (Lipinski definition) is 3. The minimum atomic E-state index is -4.62. The quantitative estimate of drug-likeness (QED) is 0.0745. The number of anilines is 2. The number of ether oxygens (including phenoxy) is 2. The van der Waals surface area contributed by atoms with Crippen LogP contribution >= 0.6 is 0 Å². The van der Waals surface area contributed by atoms with Crippen molar-refractivity contribution >= 4 is 50.2 Å². The summed E-state index contributed by atoms with van der Waals surface area (Å²) >= 11 is 0. The monoisotopic (exact) mass is 947 g/mol. The van der Waals surface area contributed by atoms with Crippen LogP contribution in [0.3, 0.4) is 0 Å². The van der Waals surface area contributed by atoms with Crippen molar-refractivity contribution in [1.82, 2.24) is 29.5 Å². The molecule has 18 heteroatoms. The summed E-state index contributed by atoms with van der Waals surface area (Å²) in [7, 11) is -3.18. The Kier molecular flexibility index (Phi) is 13.3. The maximum absolute atomic E-state index is 14.0. The summed E-state index contributed by atoms with van der Waals surface area (Å²) in [5, 5.41) is 16.0. The van der Waals surface area contributed by atoms with Crippen LogP contribution in [-0.2, 0) is 14.8 Å². The molecule has 17 nitrogen and oxygen atoms in total. The Morgan fingerprint density at radius 2 is 1.74 bits per heavy atom. The molecule has 1 atom stereocenters. The summed E-state index contributed by atoms with van der Waals surface area (Å²) in [6.45, 7) is 10.6. The zero-order valence-electron chi connectivity index (χ0n) is 39.1. The predicted octanol–water partition coefficient (Wildman–Crippen LogP) is 9.01. The highest BCUT2D eigenvalue weighted by Crippen LogP contribution is 2.53. The van der Waals surface area contributed by atoms with Gasteiger partial charge in [0.05, 0.1) is 36.0 Å². The molecule has 3 aromatic heterocycles. The van der Waals surface area contributed by atoms with Gasteiger partial charge >= 0.3 is 11.8 Å². The molecule has 2 aliphatic heterocycles. The highest BCUT2D eigenvalue weighted by atomic mass is 32.2. The van der Waals surface area contributed by atoms with Crippen molar-refractivity contribution in [3.63, 3.8) is 0 Å². The summed E-state index contributed by atoms with van der Waals surface area (Å²) in [6, 6.07) is 18.7. The third-order valence-corrected chi connectivity index (χ3v) is 16.2. The minimum Gasteiger partial charge on any atom is -0.455 e. The van der Waals surface area contributed by atoms with Gasteiger partial charge in [-0.15, -0.1) is 0 Å². The first kappa shape index (κ1) is 46.8. The molecule has 5 heterocycles. The molecule has 0 bridgehead atoms. The number of methoxy groups -OCH3 is 1. The van der Waals surface area contributed by atoms with Crippen LogP contribution in [0.4, 0.5) is 22.0 Å². The Hall–Kier alpha value is -6.27. The Morgan fingerprint density at radius 3 is 2.47 bits per heavy atom. The van der Waals surface area contributed by atoms with Gasteiger partial charge < -0.3 is 29.6 Å². The number of H-pyrrole nitrogens is 1. The number of piperazine rings is 1. The highest BCUT2D eigenvalue weighted by molar-refractivity contribution is 7.90. The van der Waals surface area contributed by atoms with E-state index in [4.69, 9.17) is 9.47 Å². The number of aromatic nitrogens is 3. The van der Waals surface area contributed by atoms with Crippen LogP contribution in [-0.4, -0.2) is 103 Å². The number of sulfonamides is 1. The smallest absolute Gasteiger partial charge is 0.409 e. The molecule has 9 rings (SSSR count). The van der Waals surface area contributed by atoms with Crippen molar-refractivity contribution < 1.29 is 32.4 Å². The maximum Gasteiger partial charge on any atom is 0.409 e. The van der Waals surface area contributed by atoms with Crippen LogP contribution in [0.5, 0.6) is 11.5 Å². The molecule has 0 unspecified atom stereocenters. The molecule has 2 saturated carbocycles. The SMILES string of the molecule is COC(=O)N1CCN(C2CC3(CCN(c4ccc(C(=O)NS(=O)(=O)c5cnc(NC[C@H]6CC[C@@H](C)CC6)c([N+](=O)[O-])c5)c(Oc5cnc6[nH]ccc6c5)c4)CC3)C2)[C@H](c2ccccc2C(C)C)C1. The molecule has 0 radical (unpaired) electrons. The lowest BCUT2D eigenvalue weighted by molar-refractivity contribution is -0.384. The number of hydrogen-bond acceptors (Lipinski definition) is 13. The molecule has 2 saturated heterocycles. The van der Waals surface area contributed by atoms with E-state index in [1.54, 1.807) is 30.5 Å². The molecule has 2 aliphatic carbocycles. The Bertz CT molecular complexity index is 2780. The summed E-state index contributed by atoms with van der Waals surface area (Å²) in [5.41, 5.74) is 3.67.